The van der Waals surface area contributed by atoms with Crippen molar-refractivity contribution in [2.75, 3.05) is 0 Å². The van der Waals surface area contributed by atoms with Crippen molar-refractivity contribution in [3.63, 3.8) is 0 Å². The Morgan fingerprint density at radius 1 is 1.67 bits per heavy atom. The van der Waals surface area contributed by atoms with Crippen molar-refractivity contribution in [2.24, 2.45) is 5.73 Å². The van der Waals surface area contributed by atoms with Crippen LogP contribution in [0.15, 0.2) is 5.38 Å². The summed E-state index contributed by atoms with van der Waals surface area (Å²) in [6.45, 7) is 6.20. The molecule has 68 valence electrons. The molecule has 1 atom stereocenters. The number of aryl methyl sites for hydroxylation is 1. The van der Waals surface area contributed by atoms with Crippen LogP contribution in [0.4, 0.5) is 0 Å². The highest BCUT2D eigenvalue weighted by Gasteiger charge is 2.17. The normalized spacial score (nSPS) is 16.0. The van der Waals surface area contributed by atoms with Gasteiger partial charge in [0.25, 0.3) is 0 Å². The first-order chi connectivity index (χ1) is 5.53. The second-order valence-electron chi connectivity index (χ2n) is 3.54. The monoisotopic (exact) mass is 184 g/mol. The highest BCUT2D eigenvalue weighted by atomic mass is 32.1. The Hall–Kier alpha value is -0.410. The van der Waals surface area contributed by atoms with Crippen LogP contribution in [0.25, 0.3) is 0 Å². The number of hydrogen-bond donors (Lipinski definition) is 1. The van der Waals surface area contributed by atoms with Crippen molar-refractivity contribution in [1.29, 1.82) is 0 Å². The smallest absolute Gasteiger partial charge is 0.0897 e. The molecule has 3 heteroatoms. The van der Waals surface area contributed by atoms with Crippen LogP contribution in [0, 0.1) is 6.92 Å². The zero-order valence-corrected chi connectivity index (χ0v) is 8.74. The molecule has 2 nitrogen and oxygen atoms in total. The van der Waals surface area contributed by atoms with Gasteiger partial charge < -0.3 is 5.73 Å². The van der Waals surface area contributed by atoms with Crippen LogP contribution >= 0.6 is 11.3 Å². The van der Waals surface area contributed by atoms with E-state index in [1.807, 2.05) is 6.92 Å². The summed E-state index contributed by atoms with van der Waals surface area (Å²) >= 11 is 1.69. The van der Waals surface area contributed by atoms with Gasteiger partial charge in [-0.3, -0.25) is 0 Å². The van der Waals surface area contributed by atoms with Crippen molar-refractivity contribution in [3.05, 3.63) is 16.1 Å². The molecule has 1 heterocycles. The van der Waals surface area contributed by atoms with Crippen LogP contribution in [0.1, 0.15) is 31.0 Å². The summed E-state index contributed by atoms with van der Waals surface area (Å²) in [5.41, 5.74) is 7.05. The lowest BCUT2D eigenvalue weighted by Gasteiger charge is -2.20. The van der Waals surface area contributed by atoms with E-state index in [-0.39, 0.29) is 5.54 Å². The van der Waals surface area contributed by atoms with E-state index >= 15 is 0 Å². The Balaban J connectivity index is 2.63. The second-order valence-corrected chi connectivity index (χ2v) is 4.60. The summed E-state index contributed by atoms with van der Waals surface area (Å²) in [6, 6.07) is 0. The first kappa shape index (κ1) is 9.68. The third-order valence-corrected chi connectivity index (χ3v) is 2.88. The molecule has 1 unspecified atom stereocenters. The minimum atomic E-state index is -0.0967. The van der Waals surface area contributed by atoms with E-state index in [9.17, 15) is 0 Å². The molecule has 0 saturated heterocycles. The Morgan fingerprint density at radius 3 is 2.75 bits per heavy atom. The Kier molecular flexibility index (Phi) is 2.85. The summed E-state index contributed by atoms with van der Waals surface area (Å²) < 4.78 is 0. The minimum Gasteiger partial charge on any atom is -0.325 e. The van der Waals surface area contributed by atoms with Gasteiger partial charge in [0.05, 0.1) is 10.7 Å². The molecule has 2 N–H and O–H groups in total. The molecule has 0 aromatic carbocycles. The van der Waals surface area contributed by atoms with E-state index in [0.717, 1.165) is 23.5 Å². The molecular weight excluding hydrogens is 168 g/mol. The number of aromatic nitrogens is 1. The summed E-state index contributed by atoms with van der Waals surface area (Å²) in [5, 5.41) is 3.22. The Bertz CT molecular complexity index is 253. The van der Waals surface area contributed by atoms with Crippen molar-refractivity contribution < 1.29 is 0 Å². The van der Waals surface area contributed by atoms with Crippen LogP contribution in [-0.4, -0.2) is 10.5 Å². The SMILES string of the molecule is CCC(C)(N)Cc1csc(C)n1. The zero-order valence-electron chi connectivity index (χ0n) is 7.92. The van der Waals surface area contributed by atoms with Gasteiger partial charge in [-0.05, 0) is 20.3 Å². The van der Waals surface area contributed by atoms with Crippen LogP contribution in [0.3, 0.4) is 0 Å². The molecule has 0 aliphatic carbocycles. The molecule has 0 aliphatic heterocycles. The molecule has 12 heavy (non-hydrogen) atoms. The first-order valence-corrected chi connectivity index (χ1v) is 5.11. The molecular formula is C9H16N2S. The molecule has 0 aliphatic rings. The van der Waals surface area contributed by atoms with Gasteiger partial charge in [0.15, 0.2) is 0 Å². The van der Waals surface area contributed by atoms with E-state index < -0.39 is 0 Å². The van der Waals surface area contributed by atoms with Gasteiger partial charge in [-0.1, -0.05) is 6.92 Å². The molecule has 1 rings (SSSR count). The number of thiazole rings is 1. The minimum absolute atomic E-state index is 0.0967. The van der Waals surface area contributed by atoms with Gasteiger partial charge >= 0.3 is 0 Å². The molecule has 0 saturated carbocycles. The van der Waals surface area contributed by atoms with Crippen molar-refractivity contribution in [1.82, 2.24) is 4.98 Å². The van der Waals surface area contributed by atoms with Gasteiger partial charge in [0.1, 0.15) is 0 Å². The number of nitrogens with two attached hydrogens (primary N) is 1. The van der Waals surface area contributed by atoms with Gasteiger partial charge in [-0.2, -0.15) is 0 Å². The lowest BCUT2D eigenvalue weighted by Crippen LogP contribution is -2.37. The standard InChI is InChI=1S/C9H16N2S/c1-4-9(3,10)5-8-6-12-7(2)11-8/h6H,4-5,10H2,1-3H3. The van der Waals surface area contributed by atoms with E-state index in [4.69, 9.17) is 5.73 Å². The molecule has 1 aromatic heterocycles. The Labute approximate surface area is 77.8 Å². The number of rotatable bonds is 3. The van der Waals surface area contributed by atoms with Gasteiger partial charge in [-0.15, -0.1) is 11.3 Å². The molecule has 0 fully saturated rings. The number of nitrogens with zero attached hydrogens (tertiary/aromatic N) is 1. The maximum absolute atomic E-state index is 6.02. The fourth-order valence-corrected chi connectivity index (χ4v) is 1.64. The van der Waals surface area contributed by atoms with Crippen molar-refractivity contribution in [2.45, 2.75) is 39.2 Å². The van der Waals surface area contributed by atoms with Crippen LogP contribution < -0.4 is 5.73 Å². The average Bonchev–Trinajstić information content (AvgIpc) is 2.35. The fraction of sp³-hybridized carbons (Fsp3) is 0.667. The summed E-state index contributed by atoms with van der Waals surface area (Å²) in [6.07, 6.45) is 1.87. The quantitative estimate of drug-likeness (QED) is 0.781. The maximum Gasteiger partial charge on any atom is 0.0897 e. The molecule has 0 bridgehead atoms. The van der Waals surface area contributed by atoms with Gasteiger partial charge in [0.2, 0.25) is 0 Å². The number of hydrogen-bond acceptors (Lipinski definition) is 3. The Morgan fingerprint density at radius 2 is 2.33 bits per heavy atom. The zero-order chi connectivity index (χ0) is 9.19. The first-order valence-electron chi connectivity index (χ1n) is 4.23. The van der Waals surface area contributed by atoms with Gasteiger partial charge in [0, 0.05) is 17.3 Å². The second kappa shape index (κ2) is 3.54. The predicted molar refractivity (Wildman–Crippen MR) is 53.4 cm³/mol. The lowest BCUT2D eigenvalue weighted by molar-refractivity contribution is 0.446. The third kappa shape index (κ3) is 2.57. The summed E-state index contributed by atoms with van der Waals surface area (Å²) in [7, 11) is 0. The molecule has 0 amide bonds. The van der Waals surface area contributed by atoms with Gasteiger partial charge in [-0.25, -0.2) is 4.98 Å². The van der Waals surface area contributed by atoms with Crippen LogP contribution in [0.2, 0.25) is 0 Å². The summed E-state index contributed by atoms with van der Waals surface area (Å²) in [4.78, 5) is 4.38. The molecule has 0 radical (unpaired) electrons. The predicted octanol–water partition coefficient (Wildman–Crippen LogP) is 2.12. The van der Waals surface area contributed by atoms with Crippen molar-refractivity contribution in [3.8, 4) is 0 Å². The highest BCUT2D eigenvalue weighted by Crippen LogP contribution is 2.15. The largest absolute Gasteiger partial charge is 0.325 e. The topological polar surface area (TPSA) is 38.9 Å². The summed E-state index contributed by atoms with van der Waals surface area (Å²) in [5.74, 6) is 0. The van der Waals surface area contributed by atoms with Crippen LogP contribution in [-0.2, 0) is 6.42 Å². The van der Waals surface area contributed by atoms with E-state index in [2.05, 4.69) is 24.2 Å². The molecule has 0 spiro atoms. The lowest BCUT2D eigenvalue weighted by atomic mass is 9.95. The van der Waals surface area contributed by atoms with E-state index in [0.29, 0.717) is 0 Å². The third-order valence-electron chi connectivity index (χ3n) is 2.06. The average molecular weight is 184 g/mol. The van der Waals surface area contributed by atoms with E-state index in [1.54, 1.807) is 11.3 Å². The highest BCUT2D eigenvalue weighted by molar-refractivity contribution is 7.09. The fourth-order valence-electron chi connectivity index (χ4n) is 1.03. The van der Waals surface area contributed by atoms with E-state index in [1.165, 1.54) is 0 Å². The molecule has 1 aromatic rings. The van der Waals surface area contributed by atoms with Crippen molar-refractivity contribution >= 4 is 11.3 Å². The van der Waals surface area contributed by atoms with Crippen LogP contribution in [0.5, 0.6) is 0 Å². The maximum atomic E-state index is 6.02.